The first-order chi connectivity index (χ1) is 10.7. The summed E-state index contributed by atoms with van der Waals surface area (Å²) < 4.78 is 5.92. The molecule has 110 valence electrons. The number of aromatic nitrogens is 1. The van der Waals surface area contributed by atoms with E-state index in [0.717, 1.165) is 15.4 Å². The number of halogens is 1. The molecule has 3 aromatic rings. The Hall–Kier alpha value is -2.60. The molecule has 0 fully saturated rings. The molecule has 0 saturated carbocycles. The van der Waals surface area contributed by atoms with E-state index >= 15 is 0 Å². The summed E-state index contributed by atoms with van der Waals surface area (Å²) in [6.45, 7) is 0. The first kappa shape index (κ1) is 14.3. The normalized spacial score (nSPS) is 10.2. The van der Waals surface area contributed by atoms with Gasteiger partial charge in [0.15, 0.2) is 5.75 Å². The molecule has 1 heterocycles. The average Bonchev–Trinajstić information content (AvgIpc) is 2.53. The molecule has 6 heteroatoms. The van der Waals surface area contributed by atoms with Crippen molar-refractivity contribution in [3.63, 3.8) is 0 Å². The molecule has 0 unspecified atom stereocenters. The number of amides is 1. The lowest BCUT2D eigenvalue weighted by Gasteiger charge is -2.08. The molecule has 22 heavy (non-hydrogen) atoms. The number of nitrogens with one attached hydrogen (secondary N) is 1. The van der Waals surface area contributed by atoms with E-state index in [1.807, 2.05) is 12.1 Å². The molecule has 0 spiro atoms. The van der Waals surface area contributed by atoms with Crippen molar-refractivity contribution in [2.45, 2.75) is 0 Å². The van der Waals surface area contributed by atoms with Crippen LogP contribution in [0.2, 0.25) is 0 Å². The zero-order valence-corrected chi connectivity index (χ0v) is 12.9. The molecule has 0 aliphatic rings. The zero-order valence-electron chi connectivity index (χ0n) is 11.3. The Balaban J connectivity index is 1.64. The van der Waals surface area contributed by atoms with Crippen LogP contribution in [0.5, 0.6) is 11.5 Å². The minimum atomic E-state index is -0.696. The molecule has 0 aliphatic heterocycles. The highest BCUT2D eigenvalue weighted by Gasteiger charge is 2.05. The smallest absolute Gasteiger partial charge is 0.408 e. The molecule has 3 rings (SSSR count). The maximum Gasteiger partial charge on any atom is 0.446 e. The van der Waals surface area contributed by atoms with E-state index in [0.29, 0.717) is 11.5 Å². The standard InChI is InChI=1S/C16H11BrN2O3/c17-12-8-11-9-14(6-7-15(11)18-10-12)22-19-16(20)21-13-4-2-1-3-5-13/h1-10H,(H,19,20). The third kappa shape index (κ3) is 3.53. The Kier molecular flexibility index (Phi) is 4.20. The summed E-state index contributed by atoms with van der Waals surface area (Å²) in [6.07, 6.45) is 1.02. The topological polar surface area (TPSA) is 60.5 Å². The molecule has 2 aromatic carbocycles. The third-order valence-electron chi connectivity index (χ3n) is 2.83. The van der Waals surface area contributed by atoms with Crippen LogP contribution in [0.3, 0.4) is 0 Å². The molecule has 0 aliphatic carbocycles. The fourth-order valence-electron chi connectivity index (χ4n) is 1.86. The van der Waals surface area contributed by atoms with Crippen molar-refractivity contribution in [1.82, 2.24) is 10.5 Å². The Morgan fingerprint density at radius 1 is 1.05 bits per heavy atom. The molecular formula is C16H11BrN2O3. The molecule has 1 N–H and O–H groups in total. The number of nitrogens with zero attached hydrogens (tertiary/aromatic N) is 1. The Morgan fingerprint density at radius 3 is 2.68 bits per heavy atom. The van der Waals surface area contributed by atoms with Gasteiger partial charge in [0.2, 0.25) is 0 Å². The maximum atomic E-state index is 11.6. The van der Waals surface area contributed by atoms with Gasteiger partial charge in [-0.15, -0.1) is 0 Å². The van der Waals surface area contributed by atoms with Gasteiger partial charge in [-0.3, -0.25) is 4.98 Å². The van der Waals surface area contributed by atoms with Gasteiger partial charge in [0, 0.05) is 16.1 Å². The molecule has 0 saturated heterocycles. The highest BCUT2D eigenvalue weighted by molar-refractivity contribution is 9.10. The van der Waals surface area contributed by atoms with Crippen molar-refractivity contribution in [1.29, 1.82) is 0 Å². The van der Waals surface area contributed by atoms with Gasteiger partial charge in [-0.1, -0.05) is 18.2 Å². The van der Waals surface area contributed by atoms with E-state index in [9.17, 15) is 4.79 Å². The number of hydrogen-bond acceptors (Lipinski definition) is 4. The van der Waals surface area contributed by atoms with E-state index < -0.39 is 6.09 Å². The molecule has 1 aromatic heterocycles. The van der Waals surface area contributed by atoms with Crippen molar-refractivity contribution in [3.05, 3.63) is 65.3 Å². The number of hydroxylamine groups is 1. The highest BCUT2D eigenvalue weighted by atomic mass is 79.9. The summed E-state index contributed by atoms with van der Waals surface area (Å²) >= 11 is 3.36. The Morgan fingerprint density at radius 2 is 1.86 bits per heavy atom. The monoisotopic (exact) mass is 358 g/mol. The minimum absolute atomic E-state index is 0.440. The summed E-state index contributed by atoms with van der Waals surface area (Å²) in [4.78, 5) is 21.1. The quantitative estimate of drug-likeness (QED) is 0.716. The van der Waals surface area contributed by atoms with E-state index in [4.69, 9.17) is 9.57 Å². The molecule has 1 amide bonds. The van der Waals surface area contributed by atoms with Crippen molar-refractivity contribution >= 4 is 32.9 Å². The van der Waals surface area contributed by atoms with Gasteiger partial charge in [0.05, 0.1) is 5.52 Å². The van der Waals surface area contributed by atoms with Crippen molar-refractivity contribution in [2.75, 3.05) is 0 Å². The molecular weight excluding hydrogens is 348 g/mol. The fourth-order valence-corrected chi connectivity index (χ4v) is 2.21. The van der Waals surface area contributed by atoms with Crippen LogP contribution in [0.15, 0.2) is 65.3 Å². The second-order valence-electron chi connectivity index (χ2n) is 4.41. The van der Waals surface area contributed by atoms with E-state index in [1.165, 1.54) is 0 Å². The van der Waals surface area contributed by atoms with Gasteiger partial charge in [-0.25, -0.2) is 4.79 Å². The summed E-state index contributed by atoms with van der Waals surface area (Å²) in [6, 6.07) is 16.0. The van der Waals surface area contributed by atoms with Gasteiger partial charge < -0.3 is 9.57 Å². The number of pyridine rings is 1. The summed E-state index contributed by atoms with van der Waals surface area (Å²) in [5.74, 6) is 0.924. The highest BCUT2D eigenvalue weighted by Crippen LogP contribution is 2.22. The SMILES string of the molecule is O=C(NOc1ccc2ncc(Br)cc2c1)Oc1ccccc1. The Labute approximate surface area is 135 Å². The van der Waals surface area contributed by atoms with Gasteiger partial charge in [-0.2, -0.15) is 5.48 Å². The number of hydrogen-bond donors (Lipinski definition) is 1. The Bertz CT molecular complexity index is 809. The van der Waals surface area contributed by atoms with Gasteiger partial charge in [-0.05, 0) is 52.3 Å². The van der Waals surface area contributed by atoms with Crippen molar-refractivity contribution in [2.24, 2.45) is 0 Å². The van der Waals surface area contributed by atoms with E-state index in [1.54, 1.807) is 48.7 Å². The lowest BCUT2D eigenvalue weighted by molar-refractivity contribution is 0.142. The maximum absolute atomic E-state index is 11.6. The van der Waals surface area contributed by atoms with Gasteiger partial charge >= 0.3 is 6.09 Å². The van der Waals surface area contributed by atoms with Crippen LogP contribution in [-0.4, -0.2) is 11.1 Å². The number of fused-ring (bicyclic) bond motifs is 1. The lowest BCUT2D eigenvalue weighted by Crippen LogP contribution is -2.29. The van der Waals surface area contributed by atoms with E-state index in [2.05, 4.69) is 26.4 Å². The summed E-state index contributed by atoms with van der Waals surface area (Å²) in [5, 5.41) is 0.894. The number of para-hydroxylation sites is 1. The first-order valence-corrected chi connectivity index (χ1v) is 7.25. The van der Waals surface area contributed by atoms with Crippen LogP contribution >= 0.6 is 15.9 Å². The van der Waals surface area contributed by atoms with Gasteiger partial charge in [0.1, 0.15) is 5.75 Å². The molecule has 0 radical (unpaired) electrons. The third-order valence-corrected chi connectivity index (χ3v) is 3.26. The van der Waals surface area contributed by atoms with Crippen LogP contribution in [0.1, 0.15) is 0 Å². The van der Waals surface area contributed by atoms with Crippen LogP contribution in [0, 0.1) is 0 Å². The van der Waals surface area contributed by atoms with Crippen LogP contribution in [-0.2, 0) is 0 Å². The average molecular weight is 359 g/mol. The zero-order chi connectivity index (χ0) is 15.4. The summed E-state index contributed by atoms with van der Waals surface area (Å²) in [7, 11) is 0. The predicted molar refractivity (Wildman–Crippen MR) is 85.7 cm³/mol. The van der Waals surface area contributed by atoms with Crippen LogP contribution in [0.25, 0.3) is 10.9 Å². The number of carbonyl (C=O) groups excluding carboxylic acids is 1. The lowest BCUT2D eigenvalue weighted by atomic mass is 10.2. The fraction of sp³-hybridized carbons (Fsp3) is 0. The number of benzene rings is 2. The summed E-state index contributed by atoms with van der Waals surface area (Å²) in [5.41, 5.74) is 3.07. The van der Waals surface area contributed by atoms with Crippen molar-refractivity contribution < 1.29 is 14.4 Å². The predicted octanol–water partition coefficient (Wildman–Crippen LogP) is 4.08. The second-order valence-corrected chi connectivity index (χ2v) is 5.33. The second kappa shape index (κ2) is 6.44. The van der Waals surface area contributed by atoms with Crippen LogP contribution in [0.4, 0.5) is 4.79 Å². The van der Waals surface area contributed by atoms with Crippen molar-refractivity contribution in [3.8, 4) is 11.5 Å². The van der Waals surface area contributed by atoms with E-state index in [-0.39, 0.29) is 0 Å². The largest absolute Gasteiger partial charge is 0.446 e. The number of ether oxygens (including phenoxy) is 1. The minimum Gasteiger partial charge on any atom is -0.408 e. The number of carbonyl (C=O) groups is 1. The number of rotatable bonds is 3. The van der Waals surface area contributed by atoms with Crippen LogP contribution < -0.4 is 15.1 Å². The molecule has 5 nitrogen and oxygen atoms in total. The molecule has 0 atom stereocenters. The van der Waals surface area contributed by atoms with Gasteiger partial charge in [0.25, 0.3) is 0 Å². The first-order valence-electron chi connectivity index (χ1n) is 6.46. The molecule has 0 bridgehead atoms.